The van der Waals surface area contributed by atoms with E-state index in [1.54, 1.807) is 55.4 Å². The minimum absolute atomic E-state index is 0.00253. The number of hydrogen-bond donors (Lipinski definition) is 5. The fourth-order valence-electron chi connectivity index (χ4n) is 6.16. The maximum Gasteiger partial charge on any atom is 0.407 e. The molecule has 2 heterocycles. The van der Waals surface area contributed by atoms with E-state index in [-0.39, 0.29) is 50.1 Å². The molecule has 0 aliphatic carbocycles. The number of nitrogens with zero attached hydrogens (tertiary/aromatic N) is 2. The topological polar surface area (TPSA) is 231 Å². The van der Waals surface area contributed by atoms with Crippen LogP contribution in [0.5, 0.6) is 0 Å². The zero-order valence-corrected chi connectivity index (χ0v) is 35.8. The van der Waals surface area contributed by atoms with Gasteiger partial charge in [-0.15, -0.1) is 0 Å². The highest BCUT2D eigenvalue weighted by atomic mass is 16.6. The lowest BCUT2D eigenvalue weighted by atomic mass is 10.00. The Bertz CT molecular complexity index is 1560. The van der Waals surface area contributed by atoms with Gasteiger partial charge in [-0.2, -0.15) is 0 Å². The van der Waals surface area contributed by atoms with Crippen molar-refractivity contribution in [1.29, 1.82) is 0 Å². The van der Waals surface area contributed by atoms with Gasteiger partial charge in [0.2, 0.25) is 17.7 Å². The average molecular weight is 820 g/mol. The van der Waals surface area contributed by atoms with Crippen molar-refractivity contribution in [3.8, 4) is 0 Å². The maximum atomic E-state index is 14.0. The molecule has 5 N–H and O–H groups in total. The first-order valence-electron chi connectivity index (χ1n) is 19.8. The van der Waals surface area contributed by atoms with Crippen molar-refractivity contribution in [3.63, 3.8) is 0 Å². The molecule has 18 heteroatoms. The van der Waals surface area contributed by atoms with Gasteiger partial charge in [-0.1, -0.05) is 13.8 Å². The molecule has 0 saturated carbocycles. The van der Waals surface area contributed by atoms with E-state index in [2.05, 4.69) is 26.6 Å². The molecule has 0 saturated heterocycles. The first-order chi connectivity index (χ1) is 27.0. The van der Waals surface area contributed by atoms with Crippen LogP contribution in [0.2, 0.25) is 0 Å². The Balaban J connectivity index is 2.05. The Morgan fingerprint density at radius 1 is 0.672 bits per heavy atom. The molecule has 2 aliphatic rings. The van der Waals surface area contributed by atoms with Crippen LogP contribution in [0.3, 0.4) is 0 Å². The molecular formula is C40H65N7O11. The fourth-order valence-corrected chi connectivity index (χ4v) is 6.16. The van der Waals surface area contributed by atoms with E-state index in [4.69, 9.17) is 14.2 Å². The van der Waals surface area contributed by atoms with Gasteiger partial charge in [0.25, 0.3) is 0 Å². The molecule has 2 aliphatic heterocycles. The number of ether oxygens (including phenoxy) is 3. The number of nitrogens with one attached hydrogen (secondary N) is 5. The highest BCUT2D eigenvalue weighted by molar-refractivity contribution is 5.99. The van der Waals surface area contributed by atoms with Crippen LogP contribution < -0.4 is 26.6 Å². The van der Waals surface area contributed by atoms with Crippen LogP contribution in [-0.4, -0.2) is 133 Å². The van der Waals surface area contributed by atoms with Crippen molar-refractivity contribution in [2.45, 2.75) is 130 Å². The second-order valence-corrected chi connectivity index (χ2v) is 16.8. The molecule has 0 radical (unpaired) electrons. The van der Waals surface area contributed by atoms with Gasteiger partial charge in [-0.25, -0.2) is 14.4 Å². The maximum absolute atomic E-state index is 14.0. The zero-order valence-electron chi connectivity index (χ0n) is 35.8. The van der Waals surface area contributed by atoms with E-state index >= 15 is 0 Å². The number of carbonyl (C=O) groups is 8. The van der Waals surface area contributed by atoms with Gasteiger partial charge in [-0.05, 0) is 86.0 Å². The Morgan fingerprint density at radius 2 is 1.12 bits per heavy atom. The SMILES string of the molecule is COC(=O)[C@H](CCCCNC(=O)OC(C)(C)C)NC1=CC(=O)CN(C(=O)[C@@H](NC2=CC(=O)CN(C(=O)[C@H](CCCCNC(=O)OC(C)(C)C)NC(C)=O)C2)C(C)C)C1. The molecule has 0 spiro atoms. The predicted octanol–water partition coefficient (Wildman–Crippen LogP) is 2.22. The summed E-state index contributed by atoms with van der Waals surface area (Å²) in [6.07, 6.45) is 4.25. The Hall–Kier alpha value is -5.16. The molecule has 2 rings (SSSR count). The third-order valence-electron chi connectivity index (χ3n) is 8.68. The van der Waals surface area contributed by atoms with Crippen molar-refractivity contribution in [1.82, 2.24) is 36.4 Å². The normalized spacial score (nSPS) is 16.3. The predicted molar refractivity (Wildman–Crippen MR) is 214 cm³/mol. The summed E-state index contributed by atoms with van der Waals surface area (Å²) in [4.78, 5) is 105. The molecule has 326 valence electrons. The second-order valence-electron chi connectivity index (χ2n) is 16.8. The number of methoxy groups -OCH3 is 1. The summed E-state index contributed by atoms with van der Waals surface area (Å²) in [5.74, 6) is -2.91. The van der Waals surface area contributed by atoms with Gasteiger partial charge < -0.3 is 50.6 Å². The smallest absolute Gasteiger partial charge is 0.407 e. The van der Waals surface area contributed by atoms with Crippen LogP contribution in [0.15, 0.2) is 23.5 Å². The van der Waals surface area contributed by atoms with Crippen molar-refractivity contribution >= 4 is 47.4 Å². The largest absolute Gasteiger partial charge is 0.467 e. The molecular weight excluding hydrogens is 754 g/mol. The number of hydrogen-bond acceptors (Lipinski definition) is 13. The van der Waals surface area contributed by atoms with Gasteiger partial charge in [0, 0.05) is 43.6 Å². The summed E-state index contributed by atoms with van der Waals surface area (Å²) in [6, 6.07) is -2.64. The van der Waals surface area contributed by atoms with Crippen LogP contribution in [0.1, 0.15) is 101 Å². The number of carbonyl (C=O) groups excluding carboxylic acids is 8. The molecule has 0 aromatic rings. The van der Waals surface area contributed by atoms with E-state index in [0.29, 0.717) is 56.6 Å². The van der Waals surface area contributed by atoms with Crippen LogP contribution in [0.25, 0.3) is 0 Å². The number of amides is 5. The molecule has 0 aromatic heterocycles. The number of alkyl carbamates (subject to hydrolysis) is 2. The molecule has 0 bridgehead atoms. The molecule has 0 aromatic carbocycles. The standard InChI is InChI=1S/C40H65N7O11/c1-25(2)33(35(52)47-21-27(19-29(49)24-47)44-32(36(53)56-10)16-12-14-18-42-38(55)58-40(7,8)9)45-28-20-30(50)23-46(22-28)34(51)31(43-26(3)48)15-11-13-17-41-37(54)57-39(4,5)6/h19-20,25,31-33,44-45H,11-18,21-24H2,1-10H3,(H,41,54)(H,42,55)(H,43,48)/t31-,32-,33-/m0/s1. The van der Waals surface area contributed by atoms with E-state index in [9.17, 15) is 38.4 Å². The second kappa shape index (κ2) is 22.7. The third kappa shape index (κ3) is 18.4. The van der Waals surface area contributed by atoms with Crippen LogP contribution in [0.4, 0.5) is 9.59 Å². The summed E-state index contributed by atoms with van der Waals surface area (Å²) in [5.41, 5.74) is -0.596. The Kier molecular flexibility index (Phi) is 19.2. The van der Waals surface area contributed by atoms with E-state index < -0.39 is 65.2 Å². The van der Waals surface area contributed by atoms with Gasteiger partial charge in [0.15, 0.2) is 11.6 Å². The number of esters is 1. The molecule has 0 fully saturated rings. The van der Waals surface area contributed by atoms with Crippen LogP contribution >= 0.6 is 0 Å². The molecule has 3 atom stereocenters. The lowest BCUT2D eigenvalue weighted by Gasteiger charge is -2.36. The molecule has 18 nitrogen and oxygen atoms in total. The van der Waals surface area contributed by atoms with Crippen LogP contribution in [-0.2, 0) is 43.0 Å². The first-order valence-corrected chi connectivity index (χ1v) is 19.8. The quantitative estimate of drug-likeness (QED) is 0.0716. The summed E-state index contributed by atoms with van der Waals surface area (Å²) in [6.45, 7) is 15.6. The Labute approximate surface area is 341 Å². The third-order valence-corrected chi connectivity index (χ3v) is 8.68. The summed E-state index contributed by atoms with van der Waals surface area (Å²) >= 11 is 0. The minimum atomic E-state index is -0.923. The highest BCUT2D eigenvalue weighted by Crippen LogP contribution is 2.18. The zero-order chi connectivity index (χ0) is 43.8. The number of unbranched alkanes of at least 4 members (excludes halogenated alkanes) is 2. The highest BCUT2D eigenvalue weighted by Gasteiger charge is 2.35. The minimum Gasteiger partial charge on any atom is -0.467 e. The molecule has 0 unspecified atom stereocenters. The van der Waals surface area contributed by atoms with Crippen molar-refractivity contribution < 1.29 is 52.6 Å². The molecule has 58 heavy (non-hydrogen) atoms. The molecule has 5 amide bonds. The van der Waals surface area contributed by atoms with Crippen LogP contribution in [0, 0.1) is 5.92 Å². The van der Waals surface area contributed by atoms with Crippen molar-refractivity contribution in [2.24, 2.45) is 5.92 Å². The van der Waals surface area contributed by atoms with E-state index in [1.807, 2.05) is 0 Å². The van der Waals surface area contributed by atoms with E-state index in [1.165, 1.54) is 36.0 Å². The number of rotatable bonds is 19. The lowest BCUT2D eigenvalue weighted by molar-refractivity contribution is -0.143. The van der Waals surface area contributed by atoms with E-state index in [0.717, 1.165) is 0 Å². The monoisotopic (exact) mass is 819 g/mol. The summed E-state index contributed by atoms with van der Waals surface area (Å²) in [7, 11) is 1.25. The summed E-state index contributed by atoms with van der Waals surface area (Å²) in [5, 5.41) is 14.2. The summed E-state index contributed by atoms with van der Waals surface area (Å²) < 4.78 is 15.4. The fraction of sp³-hybridized carbons (Fsp3) is 0.700. The van der Waals surface area contributed by atoms with Gasteiger partial charge in [-0.3, -0.25) is 24.0 Å². The number of ketones is 2. The lowest BCUT2D eigenvalue weighted by Crippen LogP contribution is -2.56. The van der Waals surface area contributed by atoms with Gasteiger partial charge in [0.05, 0.1) is 33.3 Å². The van der Waals surface area contributed by atoms with Gasteiger partial charge in [0.1, 0.15) is 29.3 Å². The van der Waals surface area contributed by atoms with Crippen molar-refractivity contribution in [3.05, 3.63) is 23.5 Å². The Morgan fingerprint density at radius 3 is 1.55 bits per heavy atom. The van der Waals surface area contributed by atoms with Crippen molar-refractivity contribution in [2.75, 3.05) is 46.4 Å². The average Bonchev–Trinajstić information content (AvgIpc) is 3.09. The van der Waals surface area contributed by atoms with Gasteiger partial charge >= 0.3 is 18.2 Å². The first kappa shape index (κ1) is 49.0.